The number of phosphoric ester groups is 1. The van der Waals surface area contributed by atoms with Crippen LogP contribution in [0.4, 0.5) is 0 Å². The molecule has 0 rings (SSSR count). The fourth-order valence-electron chi connectivity index (χ4n) is 5.33. The number of phosphoric acid groups is 1. The number of hydrogen-bond acceptors (Lipinski definition) is 7. The van der Waals surface area contributed by atoms with Crippen LogP contribution in [-0.2, 0) is 27.9 Å². The third-order valence-corrected chi connectivity index (χ3v) is 9.60. The van der Waals surface area contributed by atoms with Gasteiger partial charge in [-0.15, -0.1) is 0 Å². The number of likely N-dealkylation sites (N-methyl/N-ethyl adjacent to an activating group) is 1. The average molecular weight is 766 g/mol. The molecule has 2 unspecified atom stereocenters. The molecule has 0 aromatic heterocycles. The van der Waals surface area contributed by atoms with Crippen LogP contribution < -0.4 is 4.89 Å². The van der Waals surface area contributed by atoms with Gasteiger partial charge in [-0.25, -0.2) is 0 Å². The van der Waals surface area contributed by atoms with Gasteiger partial charge in [0.2, 0.25) is 0 Å². The molecule has 0 saturated carbocycles. The van der Waals surface area contributed by atoms with Crippen LogP contribution >= 0.6 is 7.82 Å². The number of ether oxygens (including phenoxy) is 2. The van der Waals surface area contributed by atoms with E-state index < -0.39 is 19.9 Å². The third-order valence-electron chi connectivity index (χ3n) is 8.64. The van der Waals surface area contributed by atoms with Crippen molar-refractivity contribution in [3.8, 4) is 0 Å². The fourth-order valence-corrected chi connectivity index (χ4v) is 6.06. The third kappa shape index (κ3) is 41.1. The molecule has 0 bridgehead atoms. The maximum absolute atomic E-state index is 12.6. The molecule has 0 aromatic rings. The first-order valence-electron chi connectivity index (χ1n) is 21.1. The van der Waals surface area contributed by atoms with Crippen LogP contribution in [0.25, 0.3) is 0 Å². The van der Waals surface area contributed by atoms with Crippen molar-refractivity contribution in [1.29, 1.82) is 0 Å². The zero-order chi connectivity index (χ0) is 39.1. The van der Waals surface area contributed by atoms with Crippen LogP contribution in [0, 0.1) is 0 Å². The molecule has 53 heavy (non-hydrogen) atoms. The van der Waals surface area contributed by atoms with Crippen molar-refractivity contribution in [1.82, 2.24) is 0 Å². The van der Waals surface area contributed by atoms with Crippen LogP contribution in [-0.4, -0.2) is 64.1 Å². The minimum atomic E-state index is -4.55. The highest BCUT2D eigenvalue weighted by Gasteiger charge is 2.20. The fraction of sp³-hybridized carbons (Fsp3) is 0.750. The van der Waals surface area contributed by atoms with Crippen LogP contribution in [0.3, 0.4) is 0 Å². The van der Waals surface area contributed by atoms with E-state index in [-0.39, 0.29) is 26.2 Å². The Morgan fingerprint density at radius 2 is 1.06 bits per heavy atom. The maximum atomic E-state index is 12.6. The van der Waals surface area contributed by atoms with Crippen LogP contribution in [0.2, 0.25) is 0 Å². The lowest BCUT2D eigenvalue weighted by Crippen LogP contribution is -2.37. The number of hydrogen-bond donors (Lipinski definition) is 0. The molecule has 2 atom stereocenters. The Morgan fingerprint density at radius 1 is 0.604 bits per heavy atom. The molecule has 308 valence electrons. The van der Waals surface area contributed by atoms with E-state index in [1.165, 1.54) is 96.3 Å². The summed E-state index contributed by atoms with van der Waals surface area (Å²) in [5.41, 5.74) is 0. The first-order valence-corrected chi connectivity index (χ1v) is 22.5. The molecule has 8 nitrogen and oxygen atoms in total. The molecular weight excluding hydrogens is 685 g/mol. The van der Waals surface area contributed by atoms with E-state index >= 15 is 0 Å². The van der Waals surface area contributed by atoms with Crippen molar-refractivity contribution < 1.29 is 37.3 Å². The van der Waals surface area contributed by atoms with Crippen LogP contribution in [0.1, 0.15) is 162 Å². The van der Waals surface area contributed by atoms with Crippen molar-refractivity contribution in [2.75, 3.05) is 47.5 Å². The van der Waals surface area contributed by atoms with Gasteiger partial charge in [-0.2, -0.15) is 0 Å². The Morgan fingerprint density at radius 3 is 1.60 bits per heavy atom. The molecule has 9 heteroatoms. The SMILES string of the molecule is CCCCCC=CCC=CCC=CCC=CCCCC(=O)OC(COC=CCCCCCCCCCCCCCC)COP(=O)([O-])OCC[N+](C)(C)C. The van der Waals surface area contributed by atoms with Gasteiger partial charge in [0.25, 0.3) is 7.82 Å². The summed E-state index contributed by atoms with van der Waals surface area (Å²) in [6, 6.07) is 0. The largest absolute Gasteiger partial charge is 0.756 e. The van der Waals surface area contributed by atoms with Gasteiger partial charge in [0.05, 0.1) is 34.0 Å². The lowest BCUT2D eigenvalue weighted by molar-refractivity contribution is -0.870. The summed E-state index contributed by atoms with van der Waals surface area (Å²) in [7, 11) is 1.28. The number of esters is 1. The molecule has 0 spiro atoms. The second-order valence-corrected chi connectivity index (χ2v) is 16.5. The maximum Gasteiger partial charge on any atom is 0.306 e. The lowest BCUT2D eigenvalue weighted by Gasteiger charge is -2.28. The Labute approximate surface area is 326 Å². The van der Waals surface area contributed by atoms with Crippen molar-refractivity contribution in [3.63, 3.8) is 0 Å². The molecular formula is C44H80NO7P. The quantitative estimate of drug-likeness (QED) is 0.0154. The van der Waals surface area contributed by atoms with Gasteiger partial charge >= 0.3 is 5.97 Å². The van der Waals surface area contributed by atoms with E-state index in [1.54, 1.807) is 6.26 Å². The summed E-state index contributed by atoms with van der Waals surface area (Å²) < 4.78 is 34.2. The summed E-state index contributed by atoms with van der Waals surface area (Å²) in [5.74, 6) is -0.412. The van der Waals surface area contributed by atoms with Gasteiger partial charge in [0, 0.05) is 6.42 Å². The molecule has 0 aliphatic heterocycles. The average Bonchev–Trinajstić information content (AvgIpc) is 3.11. The van der Waals surface area contributed by atoms with Crippen LogP contribution in [0.15, 0.2) is 60.9 Å². The number of carbonyl (C=O) groups excluding carboxylic acids is 1. The Balaban J connectivity index is 4.43. The summed E-state index contributed by atoms with van der Waals surface area (Å²) in [6.07, 6.45) is 46.1. The first-order chi connectivity index (χ1) is 25.6. The topological polar surface area (TPSA) is 94.1 Å². The highest BCUT2D eigenvalue weighted by Crippen LogP contribution is 2.38. The predicted octanol–water partition coefficient (Wildman–Crippen LogP) is 11.9. The molecule has 0 aliphatic rings. The van der Waals surface area contributed by atoms with Crippen molar-refractivity contribution in [3.05, 3.63) is 60.9 Å². The lowest BCUT2D eigenvalue weighted by atomic mass is 10.0. The number of allylic oxidation sites excluding steroid dienone is 9. The van der Waals surface area contributed by atoms with Gasteiger partial charge in [-0.1, -0.05) is 146 Å². The smallest absolute Gasteiger partial charge is 0.306 e. The van der Waals surface area contributed by atoms with Crippen LogP contribution in [0.5, 0.6) is 0 Å². The van der Waals surface area contributed by atoms with E-state index in [1.807, 2.05) is 27.2 Å². The highest BCUT2D eigenvalue weighted by molar-refractivity contribution is 7.45. The molecule has 0 amide bonds. The molecule has 0 aliphatic carbocycles. The number of unbranched alkanes of at least 4 members (excludes halogenated alkanes) is 16. The van der Waals surface area contributed by atoms with E-state index in [9.17, 15) is 14.3 Å². The van der Waals surface area contributed by atoms with E-state index in [0.717, 1.165) is 38.5 Å². The van der Waals surface area contributed by atoms with Gasteiger partial charge < -0.3 is 27.9 Å². The Bertz CT molecular complexity index is 1030. The summed E-state index contributed by atoms with van der Waals surface area (Å²) in [6.45, 7) is 4.63. The summed E-state index contributed by atoms with van der Waals surface area (Å²) >= 11 is 0. The highest BCUT2D eigenvalue weighted by atomic mass is 31.2. The van der Waals surface area contributed by atoms with E-state index in [2.05, 4.69) is 62.5 Å². The summed E-state index contributed by atoms with van der Waals surface area (Å²) in [5, 5.41) is 0. The zero-order valence-electron chi connectivity index (χ0n) is 34.7. The Hall–Kier alpha value is -1.96. The van der Waals surface area contributed by atoms with Gasteiger partial charge in [0.15, 0.2) is 6.10 Å². The molecule has 0 aromatic carbocycles. The molecule has 0 saturated heterocycles. The van der Waals surface area contributed by atoms with Gasteiger partial charge in [-0.3, -0.25) is 9.36 Å². The standard InChI is InChI=1S/C44H80NO7P/c1-6-8-10-12-14-16-18-20-22-23-24-25-27-29-31-33-35-37-44(46)52-43(42-51-53(47,48)50-40-38-45(3,4)5)41-49-39-36-34-32-30-28-26-21-19-17-15-13-11-9-7-2/h14,16,20,22,24-25,29,31,36,39,43H,6-13,15,17-19,21,23,26-28,30,32-35,37-38,40-42H2,1-5H3. The Kier molecular flexibility index (Phi) is 35.6. The van der Waals surface area contributed by atoms with Gasteiger partial charge in [0.1, 0.15) is 19.8 Å². The number of nitrogens with zero attached hydrogens (tertiary/aromatic N) is 1. The number of carbonyl (C=O) groups is 1. The monoisotopic (exact) mass is 766 g/mol. The number of rotatable bonds is 38. The predicted molar refractivity (Wildman–Crippen MR) is 221 cm³/mol. The minimum absolute atomic E-state index is 0.00324. The van der Waals surface area contributed by atoms with Crippen molar-refractivity contribution in [2.45, 2.75) is 168 Å². The molecule has 0 fully saturated rings. The van der Waals surface area contributed by atoms with E-state index in [4.69, 9.17) is 18.5 Å². The first kappa shape index (κ1) is 51.0. The summed E-state index contributed by atoms with van der Waals surface area (Å²) in [4.78, 5) is 25.0. The molecule has 0 N–H and O–H groups in total. The van der Waals surface area contributed by atoms with Crippen molar-refractivity contribution in [2.24, 2.45) is 0 Å². The zero-order valence-corrected chi connectivity index (χ0v) is 35.6. The second-order valence-electron chi connectivity index (χ2n) is 15.1. The van der Waals surface area contributed by atoms with Crippen molar-refractivity contribution >= 4 is 13.8 Å². The minimum Gasteiger partial charge on any atom is -0.756 e. The molecule has 0 radical (unpaired) electrons. The van der Waals surface area contributed by atoms with Gasteiger partial charge in [-0.05, 0) is 63.9 Å². The normalized spacial score (nSPS) is 14.4. The number of quaternary nitrogens is 1. The molecule has 0 heterocycles. The second kappa shape index (κ2) is 37.0. The van der Waals surface area contributed by atoms with E-state index in [0.29, 0.717) is 17.4 Å².